The van der Waals surface area contributed by atoms with Gasteiger partial charge in [-0.1, -0.05) is 0 Å². The van der Waals surface area contributed by atoms with Gasteiger partial charge < -0.3 is 5.32 Å². The maximum atomic E-state index is 12.7. The van der Waals surface area contributed by atoms with Crippen molar-refractivity contribution in [2.75, 3.05) is 0 Å². The summed E-state index contributed by atoms with van der Waals surface area (Å²) in [5.74, 6) is -0.194. The van der Waals surface area contributed by atoms with Gasteiger partial charge in [-0.25, -0.2) is 9.50 Å². The molecule has 0 bridgehead atoms. The van der Waals surface area contributed by atoms with Crippen LogP contribution in [0.15, 0.2) is 12.1 Å². The molecule has 25 heavy (non-hydrogen) atoms. The average Bonchev–Trinajstić information content (AvgIpc) is 3.06. The number of nitrogens with zero attached hydrogens (tertiary/aromatic N) is 5. The largest absolute Gasteiger partial charge is 0.344 e. The molecule has 0 fully saturated rings. The van der Waals surface area contributed by atoms with Crippen LogP contribution in [0.25, 0.3) is 5.65 Å². The van der Waals surface area contributed by atoms with Crippen LogP contribution in [-0.2, 0) is 6.54 Å². The Morgan fingerprint density at radius 2 is 1.92 bits per heavy atom. The number of nitrogens with one attached hydrogen (secondary N) is 1. The van der Waals surface area contributed by atoms with Crippen molar-refractivity contribution in [1.29, 1.82) is 0 Å². The molecule has 3 aromatic heterocycles. The summed E-state index contributed by atoms with van der Waals surface area (Å²) in [6, 6.07) is 3.49. The fourth-order valence-corrected chi connectivity index (χ4v) is 3.34. The molecular weight excluding hydrogens is 316 g/mol. The van der Waals surface area contributed by atoms with Gasteiger partial charge in [-0.05, 0) is 47.6 Å². The zero-order valence-electron chi connectivity index (χ0n) is 15.6. The third kappa shape index (κ3) is 3.01. The van der Waals surface area contributed by atoms with E-state index in [4.69, 9.17) is 0 Å². The van der Waals surface area contributed by atoms with Crippen LogP contribution in [0.4, 0.5) is 0 Å². The average molecular weight is 340 g/mol. The molecule has 1 atom stereocenters. The van der Waals surface area contributed by atoms with Crippen LogP contribution in [-0.4, -0.2) is 30.3 Å². The van der Waals surface area contributed by atoms with Gasteiger partial charge in [-0.3, -0.25) is 9.48 Å². The number of hydrogen-bond acceptors (Lipinski definition) is 4. The lowest BCUT2D eigenvalue weighted by molar-refractivity contribution is 0.0934. The maximum Gasteiger partial charge on any atom is 0.270 e. The van der Waals surface area contributed by atoms with Gasteiger partial charge in [0.05, 0.1) is 17.4 Å². The van der Waals surface area contributed by atoms with Crippen molar-refractivity contribution in [2.24, 2.45) is 0 Å². The van der Waals surface area contributed by atoms with E-state index in [0.717, 1.165) is 34.9 Å². The molecule has 0 saturated heterocycles. The first-order valence-corrected chi connectivity index (χ1v) is 8.50. The summed E-state index contributed by atoms with van der Waals surface area (Å²) in [6.45, 7) is 12.7. The van der Waals surface area contributed by atoms with Crippen LogP contribution in [0, 0.1) is 27.7 Å². The molecule has 0 aromatic carbocycles. The van der Waals surface area contributed by atoms with Gasteiger partial charge in [-0.2, -0.15) is 10.2 Å². The van der Waals surface area contributed by atoms with Crippen molar-refractivity contribution in [1.82, 2.24) is 29.7 Å². The van der Waals surface area contributed by atoms with E-state index in [1.54, 1.807) is 10.6 Å². The smallest absolute Gasteiger partial charge is 0.270 e. The number of amides is 1. The van der Waals surface area contributed by atoms with Crippen LogP contribution in [0.5, 0.6) is 0 Å². The Labute approximate surface area is 147 Å². The van der Waals surface area contributed by atoms with Gasteiger partial charge in [0, 0.05) is 29.6 Å². The predicted molar refractivity (Wildman–Crippen MR) is 95.7 cm³/mol. The van der Waals surface area contributed by atoms with Crippen molar-refractivity contribution >= 4 is 11.6 Å². The Hall–Kier alpha value is -2.70. The van der Waals surface area contributed by atoms with E-state index in [2.05, 4.69) is 27.4 Å². The Morgan fingerprint density at radius 3 is 2.56 bits per heavy atom. The number of aromatic nitrogens is 5. The van der Waals surface area contributed by atoms with Crippen LogP contribution in [0.2, 0.25) is 0 Å². The van der Waals surface area contributed by atoms with Crippen LogP contribution >= 0.6 is 0 Å². The fraction of sp³-hybridized carbons (Fsp3) is 0.444. The van der Waals surface area contributed by atoms with Crippen molar-refractivity contribution < 1.29 is 4.79 Å². The van der Waals surface area contributed by atoms with Gasteiger partial charge in [0.1, 0.15) is 5.69 Å². The van der Waals surface area contributed by atoms with Crippen molar-refractivity contribution in [3.63, 3.8) is 0 Å². The molecule has 0 aliphatic heterocycles. The number of carbonyl (C=O) groups excluding carboxylic acids is 1. The predicted octanol–water partition coefficient (Wildman–Crippen LogP) is 2.67. The van der Waals surface area contributed by atoms with E-state index in [1.165, 1.54) is 0 Å². The molecule has 132 valence electrons. The second-order valence-corrected chi connectivity index (χ2v) is 6.43. The zero-order chi connectivity index (χ0) is 18.3. The molecule has 3 rings (SSSR count). The van der Waals surface area contributed by atoms with Gasteiger partial charge >= 0.3 is 0 Å². The molecule has 0 aliphatic rings. The number of fused-ring (bicyclic) bond motifs is 1. The number of rotatable bonds is 4. The van der Waals surface area contributed by atoms with E-state index >= 15 is 0 Å². The third-order valence-corrected chi connectivity index (χ3v) is 4.48. The Bertz CT molecular complexity index is 952. The third-order valence-electron chi connectivity index (χ3n) is 4.48. The second-order valence-electron chi connectivity index (χ2n) is 6.43. The highest BCUT2D eigenvalue weighted by Crippen LogP contribution is 2.21. The molecule has 1 N–H and O–H groups in total. The minimum Gasteiger partial charge on any atom is -0.344 e. The molecule has 0 saturated carbocycles. The first-order chi connectivity index (χ1) is 11.8. The molecule has 3 aromatic rings. The van der Waals surface area contributed by atoms with Crippen molar-refractivity contribution in [2.45, 2.75) is 54.1 Å². The number of hydrogen-bond donors (Lipinski definition) is 1. The SMILES string of the molecule is CCn1nc(C)c(C(C)NC(=O)c2cc(C)n3nc(C)cc3n2)c1C. The summed E-state index contributed by atoms with van der Waals surface area (Å²) in [6.07, 6.45) is 0. The molecule has 0 aliphatic carbocycles. The molecule has 1 unspecified atom stereocenters. The monoisotopic (exact) mass is 340 g/mol. The lowest BCUT2D eigenvalue weighted by Crippen LogP contribution is -2.28. The van der Waals surface area contributed by atoms with Crippen molar-refractivity contribution in [3.05, 3.63) is 46.2 Å². The maximum absolute atomic E-state index is 12.7. The van der Waals surface area contributed by atoms with E-state index < -0.39 is 0 Å². The highest BCUT2D eigenvalue weighted by molar-refractivity contribution is 5.93. The molecular formula is C18H24N6O. The van der Waals surface area contributed by atoms with E-state index in [0.29, 0.717) is 11.3 Å². The Balaban J connectivity index is 1.88. The van der Waals surface area contributed by atoms with Gasteiger partial charge in [0.2, 0.25) is 0 Å². The quantitative estimate of drug-likeness (QED) is 0.792. The summed E-state index contributed by atoms with van der Waals surface area (Å²) in [4.78, 5) is 17.1. The van der Waals surface area contributed by atoms with Gasteiger partial charge in [-0.15, -0.1) is 0 Å². The molecule has 7 heteroatoms. The van der Waals surface area contributed by atoms with Crippen molar-refractivity contribution in [3.8, 4) is 0 Å². The topological polar surface area (TPSA) is 77.1 Å². The Kier molecular flexibility index (Phi) is 4.32. The van der Waals surface area contributed by atoms with Gasteiger partial charge in [0.25, 0.3) is 5.91 Å². The molecule has 0 radical (unpaired) electrons. The minimum absolute atomic E-state index is 0.141. The van der Waals surface area contributed by atoms with Crippen LogP contribution < -0.4 is 5.32 Å². The minimum atomic E-state index is -0.194. The lowest BCUT2D eigenvalue weighted by Gasteiger charge is -2.15. The lowest BCUT2D eigenvalue weighted by atomic mass is 10.1. The molecule has 0 spiro atoms. The van der Waals surface area contributed by atoms with Gasteiger partial charge in [0.15, 0.2) is 5.65 Å². The summed E-state index contributed by atoms with van der Waals surface area (Å²) in [7, 11) is 0. The molecule has 7 nitrogen and oxygen atoms in total. The number of aryl methyl sites for hydroxylation is 4. The zero-order valence-corrected chi connectivity index (χ0v) is 15.6. The molecule has 3 heterocycles. The highest BCUT2D eigenvalue weighted by atomic mass is 16.1. The summed E-state index contributed by atoms with van der Waals surface area (Å²) in [5.41, 5.74) is 5.92. The fourth-order valence-electron chi connectivity index (χ4n) is 3.34. The summed E-state index contributed by atoms with van der Waals surface area (Å²) in [5, 5.41) is 11.9. The van der Waals surface area contributed by atoms with E-state index in [9.17, 15) is 4.79 Å². The Morgan fingerprint density at radius 1 is 1.20 bits per heavy atom. The first kappa shape index (κ1) is 17.1. The van der Waals surface area contributed by atoms with Crippen LogP contribution in [0.1, 0.15) is 58.7 Å². The molecule has 1 amide bonds. The van der Waals surface area contributed by atoms with Crippen LogP contribution in [0.3, 0.4) is 0 Å². The highest BCUT2D eigenvalue weighted by Gasteiger charge is 2.20. The van der Waals surface area contributed by atoms with E-state index in [-0.39, 0.29) is 11.9 Å². The first-order valence-electron chi connectivity index (χ1n) is 8.50. The standard InChI is InChI=1S/C18H24N6O/c1-7-23-14(6)17(13(5)22-23)12(4)19-18(25)15-9-11(3)24-16(20-15)8-10(2)21-24/h8-9,12H,7H2,1-6H3,(H,19,25). The second kappa shape index (κ2) is 6.31. The summed E-state index contributed by atoms with van der Waals surface area (Å²) >= 11 is 0. The normalized spacial score (nSPS) is 12.6. The number of carbonyl (C=O) groups is 1. The van der Waals surface area contributed by atoms with E-state index in [1.807, 2.05) is 45.4 Å². The summed E-state index contributed by atoms with van der Waals surface area (Å²) < 4.78 is 3.70.